The van der Waals surface area contributed by atoms with Gasteiger partial charge in [-0.05, 0) is 39.2 Å². The first-order valence-electron chi connectivity index (χ1n) is 7.20. The first-order chi connectivity index (χ1) is 9.19. The van der Waals surface area contributed by atoms with Gasteiger partial charge in [-0.15, -0.1) is 0 Å². The molecule has 0 bridgehead atoms. The first kappa shape index (κ1) is 16.7. The Morgan fingerprint density at radius 1 is 1.50 bits per heavy atom. The number of hydrogen-bond acceptors (Lipinski definition) is 3. The van der Waals surface area contributed by atoms with Gasteiger partial charge in [-0.25, -0.2) is 0 Å². The van der Waals surface area contributed by atoms with Gasteiger partial charge in [0.25, 0.3) is 0 Å². The summed E-state index contributed by atoms with van der Waals surface area (Å²) in [6.07, 6.45) is 1.05. The Bertz CT molecular complexity index is 450. The van der Waals surface area contributed by atoms with Crippen molar-refractivity contribution in [3.05, 3.63) is 17.5 Å². The molecule has 2 N–H and O–H groups in total. The maximum atomic E-state index is 11.8. The third-order valence-corrected chi connectivity index (χ3v) is 3.17. The van der Waals surface area contributed by atoms with Gasteiger partial charge in [-0.1, -0.05) is 13.8 Å². The monoisotopic (exact) mass is 281 g/mol. The Kier molecular flexibility index (Phi) is 5.74. The standard InChI is InChI=1S/C15H27N3O2/c1-11(2)9-15(5,20)10-16-14(19)6-7-18-13(4)8-12(3)17-18/h8,11,20H,6-7,9-10H2,1-5H3,(H,16,19). The predicted molar refractivity (Wildman–Crippen MR) is 79.4 cm³/mol. The highest BCUT2D eigenvalue weighted by Crippen LogP contribution is 2.15. The normalized spacial score (nSPS) is 14.3. The number of aryl methyl sites for hydroxylation is 3. The van der Waals surface area contributed by atoms with Crippen molar-refractivity contribution in [2.45, 2.75) is 59.6 Å². The molecule has 1 aromatic heterocycles. The third-order valence-electron chi connectivity index (χ3n) is 3.17. The summed E-state index contributed by atoms with van der Waals surface area (Å²) in [4.78, 5) is 11.8. The molecule has 1 atom stereocenters. The van der Waals surface area contributed by atoms with Crippen molar-refractivity contribution in [2.75, 3.05) is 6.54 Å². The molecule has 5 heteroatoms. The Morgan fingerprint density at radius 3 is 2.65 bits per heavy atom. The lowest BCUT2D eigenvalue weighted by molar-refractivity contribution is -0.122. The van der Waals surface area contributed by atoms with Crippen LogP contribution in [0, 0.1) is 19.8 Å². The molecule has 0 radical (unpaired) electrons. The minimum Gasteiger partial charge on any atom is -0.388 e. The van der Waals surface area contributed by atoms with E-state index in [-0.39, 0.29) is 5.91 Å². The molecule has 1 unspecified atom stereocenters. The van der Waals surface area contributed by atoms with Crippen molar-refractivity contribution in [1.29, 1.82) is 0 Å². The number of amides is 1. The van der Waals surface area contributed by atoms with Gasteiger partial charge in [0.05, 0.1) is 11.3 Å². The van der Waals surface area contributed by atoms with Crippen LogP contribution in [-0.4, -0.2) is 32.9 Å². The van der Waals surface area contributed by atoms with Crippen molar-refractivity contribution < 1.29 is 9.90 Å². The number of carbonyl (C=O) groups excluding carboxylic acids is 1. The molecule has 5 nitrogen and oxygen atoms in total. The molecule has 1 aromatic rings. The molecule has 0 fully saturated rings. The lowest BCUT2D eigenvalue weighted by Gasteiger charge is -2.25. The van der Waals surface area contributed by atoms with Gasteiger partial charge in [0, 0.05) is 25.2 Å². The highest BCUT2D eigenvalue weighted by Gasteiger charge is 2.22. The van der Waals surface area contributed by atoms with Crippen LogP contribution in [0.15, 0.2) is 6.07 Å². The Labute approximate surface area is 121 Å². The van der Waals surface area contributed by atoms with Gasteiger partial charge in [-0.3, -0.25) is 9.48 Å². The topological polar surface area (TPSA) is 67.2 Å². The van der Waals surface area contributed by atoms with Gasteiger partial charge >= 0.3 is 0 Å². The van der Waals surface area contributed by atoms with Gasteiger partial charge in [0.1, 0.15) is 0 Å². The molecule has 20 heavy (non-hydrogen) atoms. The summed E-state index contributed by atoms with van der Waals surface area (Å²) in [5.41, 5.74) is 1.17. The van der Waals surface area contributed by atoms with Crippen LogP contribution in [0.2, 0.25) is 0 Å². The van der Waals surface area contributed by atoms with E-state index in [1.54, 1.807) is 6.92 Å². The molecule has 0 aliphatic rings. The summed E-state index contributed by atoms with van der Waals surface area (Å²) < 4.78 is 1.83. The Hall–Kier alpha value is -1.36. The summed E-state index contributed by atoms with van der Waals surface area (Å²) in [7, 11) is 0. The summed E-state index contributed by atoms with van der Waals surface area (Å²) >= 11 is 0. The number of aliphatic hydroxyl groups is 1. The summed E-state index contributed by atoms with van der Waals surface area (Å²) in [6.45, 7) is 10.6. The molecular formula is C15H27N3O2. The second-order valence-electron chi connectivity index (χ2n) is 6.27. The highest BCUT2D eigenvalue weighted by molar-refractivity contribution is 5.75. The molecule has 0 spiro atoms. The average molecular weight is 281 g/mol. The fraction of sp³-hybridized carbons (Fsp3) is 0.733. The SMILES string of the molecule is Cc1cc(C)n(CCC(=O)NCC(C)(O)CC(C)C)n1. The molecule has 1 rings (SSSR count). The number of rotatable bonds is 7. The van der Waals surface area contributed by atoms with Crippen molar-refractivity contribution >= 4 is 5.91 Å². The molecule has 0 aromatic carbocycles. The number of carbonyl (C=O) groups is 1. The number of nitrogens with zero attached hydrogens (tertiary/aromatic N) is 2. The molecule has 1 heterocycles. The second-order valence-corrected chi connectivity index (χ2v) is 6.27. The zero-order valence-electron chi connectivity index (χ0n) is 13.2. The largest absolute Gasteiger partial charge is 0.388 e. The number of aromatic nitrogens is 2. The summed E-state index contributed by atoms with van der Waals surface area (Å²) in [5.74, 6) is 0.346. The van der Waals surface area contributed by atoms with Crippen molar-refractivity contribution in [3.8, 4) is 0 Å². The Morgan fingerprint density at radius 2 is 2.15 bits per heavy atom. The van der Waals surface area contributed by atoms with E-state index >= 15 is 0 Å². The molecule has 1 amide bonds. The molecule has 0 saturated heterocycles. The van der Waals surface area contributed by atoms with E-state index in [2.05, 4.69) is 24.3 Å². The highest BCUT2D eigenvalue weighted by atomic mass is 16.3. The van der Waals surface area contributed by atoms with E-state index in [0.717, 1.165) is 11.4 Å². The fourth-order valence-corrected chi connectivity index (χ4v) is 2.44. The minimum absolute atomic E-state index is 0.0541. The molecule has 114 valence electrons. The lowest BCUT2D eigenvalue weighted by Crippen LogP contribution is -2.41. The van der Waals surface area contributed by atoms with Gasteiger partial charge in [-0.2, -0.15) is 5.10 Å². The lowest BCUT2D eigenvalue weighted by atomic mass is 9.94. The van der Waals surface area contributed by atoms with E-state index in [9.17, 15) is 9.90 Å². The molecular weight excluding hydrogens is 254 g/mol. The average Bonchev–Trinajstić information content (AvgIpc) is 2.61. The van der Waals surface area contributed by atoms with E-state index in [1.807, 2.05) is 24.6 Å². The molecule has 0 saturated carbocycles. The minimum atomic E-state index is -0.845. The second kappa shape index (κ2) is 6.88. The summed E-state index contributed by atoms with van der Waals surface area (Å²) in [5, 5.41) is 17.2. The summed E-state index contributed by atoms with van der Waals surface area (Å²) in [6, 6.07) is 1.99. The predicted octanol–water partition coefficient (Wildman–Crippen LogP) is 1.80. The quantitative estimate of drug-likeness (QED) is 0.801. The third kappa shape index (κ3) is 5.74. The van der Waals surface area contributed by atoms with Crippen LogP contribution < -0.4 is 5.32 Å². The van der Waals surface area contributed by atoms with Crippen LogP contribution in [0.4, 0.5) is 0 Å². The van der Waals surface area contributed by atoms with E-state index in [1.165, 1.54) is 0 Å². The fourth-order valence-electron chi connectivity index (χ4n) is 2.44. The molecule has 0 aliphatic heterocycles. The first-order valence-corrected chi connectivity index (χ1v) is 7.20. The Balaban J connectivity index is 2.35. The van der Waals surface area contributed by atoms with Crippen LogP contribution in [0.5, 0.6) is 0 Å². The van der Waals surface area contributed by atoms with Crippen LogP contribution in [0.25, 0.3) is 0 Å². The van der Waals surface area contributed by atoms with Crippen molar-refractivity contribution in [3.63, 3.8) is 0 Å². The van der Waals surface area contributed by atoms with Crippen LogP contribution >= 0.6 is 0 Å². The van der Waals surface area contributed by atoms with E-state index in [4.69, 9.17) is 0 Å². The van der Waals surface area contributed by atoms with E-state index < -0.39 is 5.60 Å². The maximum absolute atomic E-state index is 11.8. The molecule has 0 aliphatic carbocycles. The number of hydrogen-bond donors (Lipinski definition) is 2. The number of nitrogens with one attached hydrogen (secondary N) is 1. The van der Waals surface area contributed by atoms with E-state index in [0.29, 0.717) is 31.8 Å². The van der Waals surface area contributed by atoms with Gasteiger partial charge in [0.15, 0.2) is 0 Å². The van der Waals surface area contributed by atoms with Gasteiger partial charge in [0.2, 0.25) is 5.91 Å². The smallest absolute Gasteiger partial charge is 0.221 e. The van der Waals surface area contributed by atoms with Crippen LogP contribution in [0.1, 0.15) is 45.0 Å². The zero-order chi connectivity index (χ0) is 15.3. The van der Waals surface area contributed by atoms with Crippen molar-refractivity contribution in [1.82, 2.24) is 15.1 Å². The van der Waals surface area contributed by atoms with Crippen LogP contribution in [0.3, 0.4) is 0 Å². The van der Waals surface area contributed by atoms with Crippen molar-refractivity contribution in [2.24, 2.45) is 5.92 Å². The van der Waals surface area contributed by atoms with Crippen LogP contribution in [-0.2, 0) is 11.3 Å². The van der Waals surface area contributed by atoms with Gasteiger partial charge < -0.3 is 10.4 Å². The maximum Gasteiger partial charge on any atom is 0.221 e. The zero-order valence-corrected chi connectivity index (χ0v) is 13.2.